The first-order valence-corrected chi connectivity index (χ1v) is 24.2. The molecule has 0 aromatic carbocycles. The van der Waals surface area contributed by atoms with Crippen molar-refractivity contribution in [1.82, 2.24) is 0 Å². The number of ether oxygens (including phenoxy) is 2. The number of aryl methyl sites for hydroxylation is 2. The number of aliphatic hydroxyl groups excluding tert-OH is 3. The SMILES string of the molecule is CC/C=C\C[C@H](O)/C=C/C=C/C=C\C=C/[C@@H](O)[C@H](O)CCCC(=O)O[C@H](COC(=O)CCCCCCCCc1oc(CCCCC)c(C)c1C)COP(=O)(O)OCC[N+](C)(C)C. The third kappa shape index (κ3) is 29.3. The van der Waals surface area contributed by atoms with Crippen LogP contribution < -0.4 is 0 Å². The van der Waals surface area contributed by atoms with Gasteiger partial charge in [-0.25, -0.2) is 4.57 Å². The van der Waals surface area contributed by atoms with E-state index in [0.29, 0.717) is 23.9 Å². The third-order valence-corrected chi connectivity index (χ3v) is 11.1. The van der Waals surface area contributed by atoms with Crippen LogP contribution in [0.5, 0.6) is 0 Å². The maximum atomic E-state index is 12.8. The van der Waals surface area contributed by atoms with Gasteiger partial charge >= 0.3 is 19.8 Å². The van der Waals surface area contributed by atoms with Crippen molar-refractivity contribution >= 4 is 19.8 Å². The van der Waals surface area contributed by atoms with Crippen molar-refractivity contribution in [3.63, 3.8) is 0 Å². The second-order valence-corrected chi connectivity index (χ2v) is 18.3. The summed E-state index contributed by atoms with van der Waals surface area (Å²) in [5.41, 5.74) is 2.56. The lowest BCUT2D eigenvalue weighted by Gasteiger charge is -2.24. The lowest BCUT2D eigenvalue weighted by molar-refractivity contribution is -0.870. The summed E-state index contributed by atoms with van der Waals surface area (Å²) in [4.78, 5) is 35.6. The van der Waals surface area contributed by atoms with Gasteiger partial charge in [-0.05, 0) is 69.9 Å². The number of phosphoric acid groups is 1. The van der Waals surface area contributed by atoms with Gasteiger partial charge in [-0.1, -0.05) is 113 Å². The van der Waals surface area contributed by atoms with E-state index in [0.717, 1.165) is 69.3 Å². The van der Waals surface area contributed by atoms with Crippen LogP contribution >= 0.6 is 7.82 Å². The third-order valence-electron chi connectivity index (χ3n) is 10.1. The number of nitrogens with zero attached hydrogens (tertiary/aromatic N) is 1. The molecule has 1 aromatic rings. The predicted molar refractivity (Wildman–Crippen MR) is 245 cm³/mol. The molecular formula is C48H81NO12P+. The van der Waals surface area contributed by atoms with E-state index < -0.39 is 50.8 Å². The standard InChI is InChI=1S/C48H80NO12P/c1-8-10-20-27-41(50)28-22-16-12-13-17-23-29-43(51)44(52)30-26-34-48(54)60-42(38-59-62(55,56)58-36-35-49(5,6)7)37-57-47(53)33-25-19-15-14-18-24-32-46-40(4)39(3)45(61-46)31-21-11-9-2/h10,12-13,16-17,20,22-23,28-29,41-44,50-52H,8-9,11,14-15,18-19,21,24-27,30-38H2,1-7H3/p+1/b16-12+,17-13-,20-10-,28-22+,29-23-/t41-,42+,43+,44+/m0/s1. The van der Waals surface area contributed by atoms with Crippen LogP contribution in [0.1, 0.15) is 133 Å². The van der Waals surface area contributed by atoms with Crippen LogP contribution in [0.25, 0.3) is 0 Å². The lowest BCUT2D eigenvalue weighted by atomic mass is 10.0. The number of hydrogen-bond acceptors (Lipinski definition) is 11. The Morgan fingerprint density at radius 1 is 0.726 bits per heavy atom. The van der Waals surface area contributed by atoms with Gasteiger partial charge in [0.05, 0.1) is 46.1 Å². The number of allylic oxidation sites excluding steroid dienone is 7. The van der Waals surface area contributed by atoms with Crippen molar-refractivity contribution in [3.05, 3.63) is 83.4 Å². The van der Waals surface area contributed by atoms with E-state index in [2.05, 4.69) is 20.8 Å². The van der Waals surface area contributed by atoms with Crippen molar-refractivity contribution in [2.24, 2.45) is 0 Å². The molecule has 0 spiro atoms. The van der Waals surface area contributed by atoms with Crippen molar-refractivity contribution in [3.8, 4) is 0 Å². The van der Waals surface area contributed by atoms with Gasteiger partial charge in [0.2, 0.25) is 0 Å². The lowest BCUT2D eigenvalue weighted by Crippen LogP contribution is -2.37. The molecule has 0 aliphatic heterocycles. The molecule has 0 radical (unpaired) electrons. The van der Waals surface area contributed by atoms with Gasteiger partial charge in [-0.15, -0.1) is 0 Å². The number of unbranched alkanes of at least 4 members (excludes halogenated alkanes) is 7. The fourth-order valence-corrected chi connectivity index (χ4v) is 6.86. The molecule has 14 heteroatoms. The predicted octanol–water partition coefficient (Wildman–Crippen LogP) is 9.03. The average molecular weight is 895 g/mol. The van der Waals surface area contributed by atoms with E-state index in [4.69, 9.17) is 22.9 Å². The molecule has 1 rings (SSSR count). The maximum absolute atomic E-state index is 12.8. The first-order chi connectivity index (χ1) is 29.5. The average Bonchev–Trinajstić information content (AvgIpc) is 3.48. The van der Waals surface area contributed by atoms with Gasteiger partial charge in [0, 0.05) is 25.7 Å². The van der Waals surface area contributed by atoms with Gasteiger partial charge in [-0.3, -0.25) is 18.6 Å². The molecular weight excluding hydrogens is 813 g/mol. The Labute approximate surface area is 372 Å². The number of carbonyl (C=O) groups excluding carboxylic acids is 2. The molecule has 1 aromatic heterocycles. The zero-order chi connectivity index (χ0) is 46.2. The number of aliphatic hydroxyl groups is 3. The molecule has 0 aliphatic carbocycles. The van der Waals surface area contributed by atoms with Crippen LogP contribution in [0.3, 0.4) is 0 Å². The van der Waals surface area contributed by atoms with Crippen LogP contribution in [0.4, 0.5) is 0 Å². The largest absolute Gasteiger partial charge is 0.472 e. The van der Waals surface area contributed by atoms with Gasteiger partial charge in [0.15, 0.2) is 6.10 Å². The Bertz CT molecular complexity index is 1570. The van der Waals surface area contributed by atoms with Gasteiger partial charge in [0.25, 0.3) is 0 Å². The molecule has 5 atom stereocenters. The minimum atomic E-state index is -4.49. The van der Waals surface area contributed by atoms with Crippen molar-refractivity contribution in [2.75, 3.05) is 47.5 Å². The highest BCUT2D eigenvalue weighted by atomic mass is 31.2. The zero-order valence-corrected chi connectivity index (χ0v) is 39.8. The molecule has 0 fully saturated rings. The Hall–Kier alpha value is -3.13. The zero-order valence-electron chi connectivity index (χ0n) is 38.9. The fraction of sp³-hybridized carbons (Fsp3) is 0.667. The Morgan fingerprint density at radius 3 is 1.94 bits per heavy atom. The second kappa shape index (κ2) is 33.4. The number of hydrogen-bond donors (Lipinski definition) is 4. The van der Waals surface area contributed by atoms with E-state index in [1.807, 2.05) is 40.2 Å². The number of phosphoric ester groups is 1. The smallest absolute Gasteiger partial charge is 0.466 e. The van der Waals surface area contributed by atoms with Crippen LogP contribution in [0, 0.1) is 13.8 Å². The second-order valence-electron chi connectivity index (χ2n) is 16.9. The van der Waals surface area contributed by atoms with E-state index >= 15 is 0 Å². The van der Waals surface area contributed by atoms with Gasteiger partial charge < -0.3 is 38.6 Å². The first kappa shape index (κ1) is 56.9. The molecule has 1 heterocycles. The van der Waals surface area contributed by atoms with Crippen molar-refractivity contribution in [2.45, 2.75) is 161 Å². The summed E-state index contributed by atoms with van der Waals surface area (Å²) >= 11 is 0. The van der Waals surface area contributed by atoms with Crippen LogP contribution in [0.15, 0.2) is 65.2 Å². The molecule has 0 aliphatic rings. The maximum Gasteiger partial charge on any atom is 0.472 e. The topological polar surface area (TPSA) is 182 Å². The highest BCUT2D eigenvalue weighted by Gasteiger charge is 2.27. The van der Waals surface area contributed by atoms with Crippen LogP contribution in [-0.4, -0.2) is 109 Å². The Balaban J connectivity index is 2.53. The Morgan fingerprint density at radius 2 is 1.31 bits per heavy atom. The monoisotopic (exact) mass is 895 g/mol. The Kier molecular flexibility index (Phi) is 30.6. The normalized spacial score (nSPS) is 15.6. The molecule has 1 unspecified atom stereocenters. The first-order valence-electron chi connectivity index (χ1n) is 22.7. The quantitative estimate of drug-likeness (QED) is 0.0126. The van der Waals surface area contributed by atoms with E-state index in [1.54, 1.807) is 42.5 Å². The number of carbonyl (C=O) groups is 2. The number of esters is 2. The van der Waals surface area contributed by atoms with Crippen LogP contribution in [-0.2, 0) is 45.5 Å². The summed E-state index contributed by atoms with van der Waals surface area (Å²) in [6.45, 7) is 8.02. The molecule has 13 nitrogen and oxygen atoms in total. The molecule has 0 amide bonds. The summed E-state index contributed by atoms with van der Waals surface area (Å²) in [6.07, 6.45) is 26.3. The molecule has 62 heavy (non-hydrogen) atoms. The number of quaternary nitrogens is 1. The van der Waals surface area contributed by atoms with Crippen molar-refractivity contribution < 1.29 is 61.8 Å². The van der Waals surface area contributed by atoms with E-state index in [1.165, 1.54) is 30.0 Å². The summed E-state index contributed by atoms with van der Waals surface area (Å²) < 4.78 is 40.3. The van der Waals surface area contributed by atoms with Gasteiger partial charge in [-0.2, -0.15) is 0 Å². The fourth-order valence-electron chi connectivity index (χ4n) is 6.12. The molecule has 4 N–H and O–H groups in total. The summed E-state index contributed by atoms with van der Waals surface area (Å²) in [5, 5.41) is 30.6. The van der Waals surface area contributed by atoms with Crippen molar-refractivity contribution in [1.29, 1.82) is 0 Å². The summed E-state index contributed by atoms with van der Waals surface area (Å²) in [5.74, 6) is 1.06. The molecule has 0 saturated heterocycles. The van der Waals surface area contributed by atoms with Crippen LogP contribution in [0.2, 0.25) is 0 Å². The van der Waals surface area contributed by atoms with E-state index in [9.17, 15) is 34.4 Å². The number of furan rings is 1. The highest BCUT2D eigenvalue weighted by Crippen LogP contribution is 2.43. The number of likely N-dealkylation sites (N-methyl/N-ethyl adjacent to an activating group) is 1. The molecule has 0 saturated carbocycles. The minimum absolute atomic E-state index is 0.0439. The van der Waals surface area contributed by atoms with Gasteiger partial charge in [0.1, 0.15) is 31.3 Å². The number of rotatable bonds is 36. The summed E-state index contributed by atoms with van der Waals surface area (Å²) in [6, 6.07) is 0. The van der Waals surface area contributed by atoms with E-state index in [-0.39, 0.29) is 38.9 Å². The summed E-state index contributed by atoms with van der Waals surface area (Å²) in [7, 11) is 1.22. The minimum Gasteiger partial charge on any atom is -0.466 e. The molecule has 0 bridgehead atoms. The highest BCUT2D eigenvalue weighted by molar-refractivity contribution is 7.47. The molecule has 354 valence electrons.